The molecule has 0 spiro atoms. The van der Waals surface area contributed by atoms with Crippen molar-refractivity contribution in [3.8, 4) is 0 Å². The summed E-state index contributed by atoms with van der Waals surface area (Å²) in [6, 6.07) is 5.04. The average Bonchev–Trinajstić information content (AvgIpc) is 2.46. The minimum absolute atomic E-state index is 0.102. The number of aryl methyl sites for hydroxylation is 1. The van der Waals surface area contributed by atoms with Crippen LogP contribution in [0.25, 0.3) is 0 Å². The summed E-state index contributed by atoms with van der Waals surface area (Å²) in [7, 11) is 0. The van der Waals surface area contributed by atoms with Crippen LogP contribution in [-0.4, -0.2) is 24.5 Å². The molecule has 0 saturated carbocycles. The van der Waals surface area contributed by atoms with Crippen molar-refractivity contribution in [1.82, 2.24) is 10.6 Å². The zero-order valence-corrected chi connectivity index (χ0v) is 12.8. The van der Waals surface area contributed by atoms with Gasteiger partial charge in [-0.3, -0.25) is 4.79 Å². The van der Waals surface area contributed by atoms with Gasteiger partial charge in [-0.05, 0) is 44.0 Å². The molecule has 114 valence electrons. The first kappa shape index (κ1) is 16.8. The van der Waals surface area contributed by atoms with Crippen LogP contribution in [0.4, 0.5) is 10.5 Å². The Morgan fingerprint density at radius 3 is 2.67 bits per heavy atom. The fourth-order valence-corrected chi connectivity index (χ4v) is 1.69. The van der Waals surface area contributed by atoms with Crippen molar-refractivity contribution in [3.05, 3.63) is 42.0 Å². The molecule has 0 unspecified atom stereocenters. The van der Waals surface area contributed by atoms with Gasteiger partial charge in [-0.1, -0.05) is 13.0 Å². The van der Waals surface area contributed by atoms with Gasteiger partial charge in [0.25, 0.3) is 5.91 Å². The van der Waals surface area contributed by atoms with Crippen LogP contribution in [0.15, 0.2) is 30.9 Å². The second-order valence-corrected chi connectivity index (χ2v) is 4.94. The number of urea groups is 1. The van der Waals surface area contributed by atoms with Gasteiger partial charge in [0.1, 0.15) is 0 Å². The lowest BCUT2D eigenvalue weighted by Gasteiger charge is -2.13. The van der Waals surface area contributed by atoms with Gasteiger partial charge in [0, 0.05) is 23.8 Å². The van der Waals surface area contributed by atoms with Gasteiger partial charge in [0.2, 0.25) is 0 Å². The van der Waals surface area contributed by atoms with E-state index in [1.807, 2.05) is 20.8 Å². The number of hydrogen-bond acceptors (Lipinski definition) is 2. The van der Waals surface area contributed by atoms with Crippen molar-refractivity contribution >= 4 is 17.6 Å². The molecule has 0 saturated heterocycles. The summed E-state index contributed by atoms with van der Waals surface area (Å²) in [5.41, 5.74) is 2.10. The van der Waals surface area contributed by atoms with Gasteiger partial charge in [-0.2, -0.15) is 0 Å². The number of rotatable bonds is 6. The third-order valence-corrected chi connectivity index (χ3v) is 3.13. The first-order valence-electron chi connectivity index (χ1n) is 7.05. The van der Waals surface area contributed by atoms with Crippen molar-refractivity contribution < 1.29 is 9.59 Å². The molecule has 21 heavy (non-hydrogen) atoms. The Bertz CT molecular complexity index is 526. The summed E-state index contributed by atoms with van der Waals surface area (Å²) in [5.74, 6) is -0.102. The molecule has 5 heteroatoms. The van der Waals surface area contributed by atoms with Crippen molar-refractivity contribution in [2.24, 2.45) is 0 Å². The maximum Gasteiger partial charge on any atom is 0.319 e. The lowest BCUT2D eigenvalue weighted by Crippen LogP contribution is -2.32. The van der Waals surface area contributed by atoms with E-state index < -0.39 is 0 Å². The molecule has 1 rings (SSSR count). The van der Waals surface area contributed by atoms with E-state index in [1.54, 1.807) is 24.3 Å². The quantitative estimate of drug-likeness (QED) is 0.705. The number of amides is 3. The maximum atomic E-state index is 12.0. The van der Waals surface area contributed by atoms with Gasteiger partial charge in [-0.15, -0.1) is 6.58 Å². The Hall–Kier alpha value is -2.30. The molecule has 1 atom stereocenters. The van der Waals surface area contributed by atoms with Crippen LogP contribution < -0.4 is 16.0 Å². The van der Waals surface area contributed by atoms with Crippen LogP contribution in [0.3, 0.4) is 0 Å². The lowest BCUT2D eigenvalue weighted by atomic mass is 10.1. The standard InChI is InChI=1S/C16H23N3O2/c1-5-9-17-16(21)19-14-8-7-13(10-11(14)3)15(20)18-12(4)6-2/h5,7-8,10,12H,1,6,9H2,2-4H3,(H,18,20)(H2,17,19,21)/t12-/m0/s1. The summed E-state index contributed by atoms with van der Waals surface area (Å²) >= 11 is 0. The molecule has 3 N–H and O–H groups in total. The van der Waals surface area contributed by atoms with E-state index in [-0.39, 0.29) is 18.0 Å². The molecular formula is C16H23N3O2. The van der Waals surface area contributed by atoms with E-state index in [0.29, 0.717) is 17.8 Å². The van der Waals surface area contributed by atoms with E-state index in [4.69, 9.17) is 0 Å². The monoisotopic (exact) mass is 289 g/mol. The lowest BCUT2D eigenvalue weighted by molar-refractivity contribution is 0.0939. The van der Waals surface area contributed by atoms with Gasteiger partial charge in [0.15, 0.2) is 0 Å². The second kappa shape index (κ2) is 8.09. The van der Waals surface area contributed by atoms with Crippen LogP contribution in [-0.2, 0) is 0 Å². The molecule has 0 aliphatic carbocycles. The highest BCUT2D eigenvalue weighted by atomic mass is 16.2. The summed E-state index contributed by atoms with van der Waals surface area (Å²) in [6.07, 6.45) is 2.49. The van der Waals surface area contributed by atoms with Crippen molar-refractivity contribution in [2.75, 3.05) is 11.9 Å². The fraction of sp³-hybridized carbons (Fsp3) is 0.375. The molecule has 0 radical (unpaired) electrons. The third-order valence-electron chi connectivity index (χ3n) is 3.13. The second-order valence-electron chi connectivity index (χ2n) is 4.94. The number of hydrogen-bond donors (Lipinski definition) is 3. The van der Waals surface area contributed by atoms with Gasteiger partial charge in [-0.25, -0.2) is 4.79 Å². The number of benzene rings is 1. The molecule has 0 aliphatic rings. The summed E-state index contributed by atoms with van der Waals surface area (Å²) in [5, 5.41) is 8.28. The molecule has 1 aromatic carbocycles. The molecular weight excluding hydrogens is 266 g/mol. The Morgan fingerprint density at radius 2 is 2.10 bits per heavy atom. The predicted octanol–water partition coefficient (Wildman–Crippen LogP) is 2.83. The predicted molar refractivity (Wildman–Crippen MR) is 85.6 cm³/mol. The van der Waals surface area contributed by atoms with Gasteiger partial charge in [0.05, 0.1) is 0 Å². The van der Waals surface area contributed by atoms with Gasteiger partial charge < -0.3 is 16.0 Å². The third kappa shape index (κ3) is 5.30. The Labute approximate surface area is 125 Å². The van der Waals surface area contributed by atoms with Crippen LogP contribution in [0.2, 0.25) is 0 Å². The fourth-order valence-electron chi connectivity index (χ4n) is 1.69. The highest BCUT2D eigenvalue weighted by Gasteiger charge is 2.11. The van der Waals surface area contributed by atoms with Crippen molar-refractivity contribution in [2.45, 2.75) is 33.2 Å². The van der Waals surface area contributed by atoms with Crippen LogP contribution >= 0.6 is 0 Å². The first-order valence-corrected chi connectivity index (χ1v) is 7.05. The minimum atomic E-state index is -0.296. The molecule has 0 heterocycles. The van der Waals surface area contributed by atoms with Crippen molar-refractivity contribution in [3.63, 3.8) is 0 Å². The van der Waals surface area contributed by atoms with E-state index in [1.165, 1.54) is 0 Å². The molecule has 5 nitrogen and oxygen atoms in total. The summed E-state index contributed by atoms with van der Waals surface area (Å²) in [4.78, 5) is 23.6. The summed E-state index contributed by atoms with van der Waals surface area (Å²) in [6.45, 7) is 9.77. The molecule has 0 aliphatic heterocycles. The van der Waals surface area contributed by atoms with Gasteiger partial charge >= 0.3 is 6.03 Å². The molecule has 0 aromatic heterocycles. The largest absolute Gasteiger partial charge is 0.350 e. The molecule has 1 aromatic rings. The van der Waals surface area contributed by atoms with Crippen LogP contribution in [0.1, 0.15) is 36.2 Å². The Morgan fingerprint density at radius 1 is 1.38 bits per heavy atom. The van der Waals surface area contributed by atoms with E-state index in [0.717, 1.165) is 12.0 Å². The maximum absolute atomic E-state index is 12.0. The first-order chi connectivity index (χ1) is 9.97. The molecule has 3 amide bonds. The number of carbonyl (C=O) groups is 2. The van der Waals surface area contributed by atoms with Crippen LogP contribution in [0, 0.1) is 6.92 Å². The normalized spacial score (nSPS) is 11.4. The average molecular weight is 289 g/mol. The highest BCUT2D eigenvalue weighted by molar-refractivity contribution is 5.96. The summed E-state index contributed by atoms with van der Waals surface area (Å²) < 4.78 is 0. The van der Waals surface area contributed by atoms with E-state index >= 15 is 0 Å². The minimum Gasteiger partial charge on any atom is -0.350 e. The Balaban J connectivity index is 2.73. The smallest absolute Gasteiger partial charge is 0.319 e. The molecule has 0 fully saturated rings. The number of anilines is 1. The number of nitrogens with one attached hydrogen (secondary N) is 3. The zero-order chi connectivity index (χ0) is 15.8. The SMILES string of the molecule is C=CCNC(=O)Nc1ccc(C(=O)N[C@@H](C)CC)cc1C. The Kier molecular flexibility index (Phi) is 6.46. The molecule has 0 bridgehead atoms. The zero-order valence-electron chi connectivity index (χ0n) is 12.8. The topological polar surface area (TPSA) is 70.2 Å². The van der Waals surface area contributed by atoms with E-state index in [2.05, 4.69) is 22.5 Å². The number of carbonyl (C=O) groups excluding carboxylic acids is 2. The van der Waals surface area contributed by atoms with E-state index in [9.17, 15) is 9.59 Å². The van der Waals surface area contributed by atoms with Crippen LogP contribution in [0.5, 0.6) is 0 Å². The van der Waals surface area contributed by atoms with Crippen molar-refractivity contribution in [1.29, 1.82) is 0 Å². The highest BCUT2D eigenvalue weighted by Crippen LogP contribution is 2.16.